The Bertz CT molecular complexity index is 518. The highest BCUT2D eigenvalue weighted by atomic mass is 14.8. The van der Waals surface area contributed by atoms with E-state index in [1.165, 1.54) is 33.5 Å². The molecule has 0 spiro atoms. The number of aryl methyl sites for hydroxylation is 1. The summed E-state index contributed by atoms with van der Waals surface area (Å²) in [7, 11) is 2.00. The first-order valence-corrected chi connectivity index (χ1v) is 6.26. The highest BCUT2D eigenvalue weighted by molar-refractivity contribution is 5.82. The molecule has 1 N–H and O–H groups in total. The number of fused-ring (bicyclic) bond motifs is 3. The second-order valence-electron chi connectivity index (χ2n) is 4.56. The van der Waals surface area contributed by atoms with E-state index in [1.807, 2.05) is 7.05 Å². The zero-order chi connectivity index (χ0) is 11.8. The van der Waals surface area contributed by atoms with E-state index in [-0.39, 0.29) is 0 Å². The highest BCUT2D eigenvalue weighted by Crippen LogP contribution is 2.41. The normalized spacial score (nSPS) is 12.1. The van der Waals surface area contributed by atoms with Crippen molar-refractivity contribution in [3.05, 3.63) is 53.1 Å². The van der Waals surface area contributed by atoms with Crippen LogP contribution in [0.4, 0.5) is 5.69 Å². The van der Waals surface area contributed by atoms with Gasteiger partial charge in [0.1, 0.15) is 0 Å². The van der Waals surface area contributed by atoms with Crippen LogP contribution in [0.2, 0.25) is 0 Å². The SMILES string of the molecule is CCc1cccc2c1Cc1c(NC)cccc1-2. The van der Waals surface area contributed by atoms with Gasteiger partial charge in [-0.2, -0.15) is 0 Å². The summed E-state index contributed by atoms with van der Waals surface area (Å²) in [6, 6.07) is 13.2. The van der Waals surface area contributed by atoms with Crippen LogP contribution in [0, 0.1) is 0 Å². The van der Waals surface area contributed by atoms with Crippen molar-refractivity contribution in [1.29, 1.82) is 0 Å². The minimum absolute atomic E-state index is 1.08. The fourth-order valence-corrected chi connectivity index (χ4v) is 2.87. The van der Waals surface area contributed by atoms with Gasteiger partial charge < -0.3 is 5.32 Å². The molecule has 1 aliphatic rings. The van der Waals surface area contributed by atoms with E-state index >= 15 is 0 Å². The summed E-state index contributed by atoms with van der Waals surface area (Å²) < 4.78 is 0. The van der Waals surface area contributed by atoms with E-state index < -0.39 is 0 Å². The van der Waals surface area contributed by atoms with E-state index in [0.29, 0.717) is 0 Å². The fourth-order valence-electron chi connectivity index (χ4n) is 2.87. The van der Waals surface area contributed by atoms with E-state index in [2.05, 4.69) is 48.6 Å². The Balaban J connectivity index is 2.23. The summed E-state index contributed by atoms with van der Waals surface area (Å²) in [6.07, 6.45) is 2.19. The van der Waals surface area contributed by atoms with Gasteiger partial charge in [-0.1, -0.05) is 37.3 Å². The summed E-state index contributed by atoms with van der Waals surface area (Å²) in [6.45, 7) is 2.23. The zero-order valence-electron chi connectivity index (χ0n) is 10.4. The van der Waals surface area contributed by atoms with Gasteiger partial charge in [0.15, 0.2) is 0 Å². The topological polar surface area (TPSA) is 12.0 Å². The molecule has 0 aliphatic heterocycles. The van der Waals surface area contributed by atoms with Crippen molar-refractivity contribution in [2.24, 2.45) is 0 Å². The third-order valence-corrected chi connectivity index (χ3v) is 3.74. The van der Waals surface area contributed by atoms with Crippen LogP contribution in [0.25, 0.3) is 11.1 Å². The third kappa shape index (κ3) is 1.46. The van der Waals surface area contributed by atoms with E-state index in [1.54, 1.807) is 0 Å². The summed E-state index contributed by atoms with van der Waals surface area (Å²) >= 11 is 0. The number of nitrogens with one attached hydrogen (secondary N) is 1. The van der Waals surface area contributed by atoms with Crippen LogP contribution >= 0.6 is 0 Å². The van der Waals surface area contributed by atoms with Gasteiger partial charge in [0.2, 0.25) is 0 Å². The van der Waals surface area contributed by atoms with Crippen molar-refractivity contribution in [1.82, 2.24) is 0 Å². The van der Waals surface area contributed by atoms with Gasteiger partial charge in [0, 0.05) is 19.2 Å². The zero-order valence-corrected chi connectivity index (χ0v) is 10.4. The van der Waals surface area contributed by atoms with Crippen LogP contribution in [0.5, 0.6) is 0 Å². The third-order valence-electron chi connectivity index (χ3n) is 3.74. The maximum atomic E-state index is 3.30. The summed E-state index contributed by atoms with van der Waals surface area (Å²) in [4.78, 5) is 0. The van der Waals surface area contributed by atoms with Gasteiger partial charge in [-0.15, -0.1) is 0 Å². The molecule has 2 aromatic carbocycles. The van der Waals surface area contributed by atoms with Crippen molar-refractivity contribution in [2.45, 2.75) is 19.8 Å². The molecule has 0 bridgehead atoms. The van der Waals surface area contributed by atoms with Crippen molar-refractivity contribution < 1.29 is 0 Å². The Morgan fingerprint density at radius 2 is 1.71 bits per heavy atom. The van der Waals surface area contributed by atoms with Crippen molar-refractivity contribution in [3.63, 3.8) is 0 Å². The number of hydrogen-bond donors (Lipinski definition) is 1. The molecule has 0 saturated carbocycles. The minimum atomic E-state index is 1.08. The monoisotopic (exact) mass is 223 g/mol. The molecule has 0 atom stereocenters. The van der Waals surface area contributed by atoms with Crippen LogP contribution in [-0.4, -0.2) is 7.05 Å². The molecular formula is C16H17N. The Morgan fingerprint density at radius 3 is 2.41 bits per heavy atom. The van der Waals surface area contributed by atoms with Gasteiger partial charge >= 0.3 is 0 Å². The first kappa shape index (κ1) is 10.4. The van der Waals surface area contributed by atoms with Crippen molar-refractivity contribution in [3.8, 4) is 11.1 Å². The number of rotatable bonds is 2. The van der Waals surface area contributed by atoms with Gasteiger partial charge in [-0.05, 0) is 40.3 Å². The lowest BCUT2D eigenvalue weighted by molar-refractivity contribution is 1.08. The molecule has 0 aromatic heterocycles. The molecule has 2 aromatic rings. The van der Waals surface area contributed by atoms with Crippen LogP contribution in [0.15, 0.2) is 36.4 Å². The average Bonchev–Trinajstić information content (AvgIpc) is 2.77. The Hall–Kier alpha value is -1.76. The standard InChI is InChI=1S/C16H17N/c1-3-11-6-4-7-12-13-8-5-9-16(17-2)15(13)10-14(11)12/h4-9,17H,3,10H2,1-2H3. The molecule has 86 valence electrons. The second-order valence-corrected chi connectivity index (χ2v) is 4.56. The first-order valence-electron chi connectivity index (χ1n) is 6.26. The van der Waals surface area contributed by atoms with Crippen LogP contribution in [0.1, 0.15) is 23.6 Å². The lowest BCUT2D eigenvalue weighted by atomic mass is 10.00. The first-order chi connectivity index (χ1) is 8.35. The Labute approximate surface area is 102 Å². The quantitative estimate of drug-likeness (QED) is 0.695. The van der Waals surface area contributed by atoms with E-state index in [9.17, 15) is 0 Å². The maximum absolute atomic E-state index is 3.30. The van der Waals surface area contributed by atoms with Crippen LogP contribution in [0.3, 0.4) is 0 Å². The summed E-state index contributed by atoms with van der Waals surface area (Å²) in [5.74, 6) is 0. The van der Waals surface area contributed by atoms with Crippen molar-refractivity contribution >= 4 is 5.69 Å². The molecule has 0 saturated heterocycles. The van der Waals surface area contributed by atoms with Gasteiger partial charge in [0.05, 0.1) is 0 Å². The lowest BCUT2D eigenvalue weighted by Gasteiger charge is -2.06. The summed E-state index contributed by atoms with van der Waals surface area (Å²) in [5, 5.41) is 3.30. The number of anilines is 1. The fraction of sp³-hybridized carbons (Fsp3) is 0.250. The average molecular weight is 223 g/mol. The van der Waals surface area contributed by atoms with Gasteiger partial charge in [-0.25, -0.2) is 0 Å². The molecule has 17 heavy (non-hydrogen) atoms. The van der Waals surface area contributed by atoms with E-state index in [0.717, 1.165) is 12.8 Å². The molecule has 0 radical (unpaired) electrons. The molecule has 1 nitrogen and oxygen atoms in total. The summed E-state index contributed by atoms with van der Waals surface area (Å²) in [5.41, 5.74) is 8.55. The molecule has 0 fully saturated rings. The van der Waals surface area contributed by atoms with Gasteiger partial charge in [0.25, 0.3) is 0 Å². The largest absolute Gasteiger partial charge is 0.388 e. The minimum Gasteiger partial charge on any atom is -0.388 e. The highest BCUT2D eigenvalue weighted by Gasteiger charge is 2.22. The smallest absolute Gasteiger partial charge is 0.0379 e. The molecule has 1 heteroatoms. The van der Waals surface area contributed by atoms with Crippen LogP contribution < -0.4 is 5.32 Å². The number of hydrogen-bond acceptors (Lipinski definition) is 1. The number of benzene rings is 2. The molecule has 1 aliphatic carbocycles. The predicted octanol–water partition coefficient (Wildman–Crippen LogP) is 3.86. The van der Waals surface area contributed by atoms with Crippen molar-refractivity contribution in [2.75, 3.05) is 12.4 Å². The van der Waals surface area contributed by atoms with Gasteiger partial charge in [-0.3, -0.25) is 0 Å². The molecule has 0 amide bonds. The molecule has 0 heterocycles. The van der Waals surface area contributed by atoms with Crippen LogP contribution in [-0.2, 0) is 12.8 Å². The van der Waals surface area contributed by atoms with E-state index in [4.69, 9.17) is 0 Å². The molecular weight excluding hydrogens is 206 g/mol. The Kier molecular flexibility index (Phi) is 2.40. The second kappa shape index (κ2) is 3.92. The predicted molar refractivity (Wildman–Crippen MR) is 73.6 cm³/mol. The maximum Gasteiger partial charge on any atom is 0.0379 e. The molecule has 0 unspecified atom stereocenters. The molecule has 3 rings (SSSR count). The lowest BCUT2D eigenvalue weighted by Crippen LogP contribution is -1.94. The Morgan fingerprint density at radius 1 is 1.00 bits per heavy atom.